The Bertz CT molecular complexity index is 12.9. The standard InChI is InChI=1S/2Na.5H2S.2H/h;;5*1H2;;/q2*+1;;;;;;2*-1. The van der Waals surface area contributed by atoms with E-state index in [0.29, 0.717) is 0 Å². The third-order valence-corrected chi connectivity index (χ3v) is 0. The molecule has 0 aliphatic carbocycles. The molecule has 7 heteroatoms. The van der Waals surface area contributed by atoms with Gasteiger partial charge >= 0.3 is 59.1 Å². The molecule has 0 saturated carbocycles. The topological polar surface area (TPSA) is 0 Å². The molecule has 7 heavy (non-hydrogen) atoms. The summed E-state index contributed by atoms with van der Waals surface area (Å²) in [6.07, 6.45) is 0. The van der Waals surface area contributed by atoms with Crippen molar-refractivity contribution in [2.45, 2.75) is 0 Å². The summed E-state index contributed by atoms with van der Waals surface area (Å²) in [4.78, 5) is 0. The van der Waals surface area contributed by atoms with E-state index in [0.717, 1.165) is 0 Å². The van der Waals surface area contributed by atoms with Crippen LogP contribution in [-0.2, 0) is 0 Å². The van der Waals surface area contributed by atoms with Crippen molar-refractivity contribution in [3.05, 3.63) is 0 Å². The molecule has 0 aromatic carbocycles. The zero-order valence-electron chi connectivity index (χ0n) is 6.50. The predicted molar refractivity (Wildman–Crippen MR) is 54.1 cm³/mol. The zero-order chi connectivity index (χ0) is 0. The molecule has 0 rings (SSSR count). The van der Waals surface area contributed by atoms with E-state index in [1.54, 1.807) is 0 Å². The monoisotopic (exact) mass is 218 g/mol. The largest absolute Gasteiger partial charge is 1.00 e. The van der Waals surface area contributed by atoms with Gasteiger partial charge in [0.1, 0.15) is 0 Å². The zero-order valence-corrected chi connectivity index (χ0v) is 13.5. The molecular formula is H12Na2S5. The fourth-order valence-electron chi connectivity index (χ4n) is 0. The first-order valence-corrected chi connectivity index (χ1v) is 0. The molecule has 0 aliphatic rings. The molecule has 0 aromatic rings. The Balaban J connectivity index is 0. The van der Waals surface area contributed by atoms with Crippen LogP contribution in [0.2, 0.25) is 0 Å². The summed E-state index contributed by atoms with van der Waals surface area (Å²) < 4.78 is 0. The van der Waals surface area contributed by atoms with Gasteiger partial charge in [0.2, 0.25) is 0 Å². The maximum atomic E-state index is 0. The second-order valence-corrected chi connectivity index (χ2v) is 0. The van der Waals surface area contributed by atoms with Gasteiger partial charge in [0.05, 0.1) is 0 Å². The molecule has 0 N–H and O–H groups in total. The summed E-state index contributed by atoms with van der Waals surface area (Å²) >= 11 is 0. The van der Waals surface area contributed by atoms with Crippen molar-refractivity contribution in [1.82, 2.24) is 0 Å². The molecule has 0 atom stereocenters. The fraction of sp³-hybridized carbons (Fsp3) is 0. The summed E-state index contributed by atoms with van der Waals surface area (Å²) in [5.41, 5.74) is 0. The Hall–Kier alpha value is 3.75. The SMILES string of the molecule is S.S.S.S.S.[H-].[H-].[Na+].[Na+]. The quantitative estimate of drug-likeness (QED) is 0.357. The van der Waals surface area contributed by atoms with Crippen LogP contribution in [-0.4, -0.2) is 0 Å². The fourth-order valence-corrected chi connectivity index (χ4v) is 0. The van der Waals surface area contributed by atoms with E-state index in [9.17, 15) is 0 Å². The maximum Gasteiger partial charge on any atom is 1.00 e. The van der Waals surface area contributed by atoms with Crippen LogP contribution in [0.5, 0.6) is 0 Å². The molecular weight excluding hydrogens is 206 g/mol. The van der Waals surface area contributed by atoms with Gasteiger partial charge in [-0.05, 0) is 0 Å². The van der Waals surface area contributed by atoms with Gasteiger partial charge < -0.3 is 2.85 Å². The van der Waals surface area contributed by atoms with Crippen LogP contribution in [0.4, 0.5) is 0 Å². The van der Waals surface area contributed by atoms with Crippen molar-refractivity contribution in [1.29, 1.82) is 0 Å². The van der Waals surface area contributed by atoms with Gasteiger partial charge in [-0.3, -0.25) is 0 Å². The molecule has 0 saturated heterocycles. The average molecular weight is 218 g/mol. The van der Waals surface area contributed by atoms with E-state index in [1.807, 2.05) is 0 Å². The van der Waals surface area contributed by atoms with Crippen molar-refractivity contribution in [2.75, 3.05) is 0 Å². The van der Waals surface area contributed by atoms with Crippen LogP contribution in [0.25, 0.3) is 0 Å². The summed E-state index contributed by atoms with van der Waals surface area (Å²) in [7, 11) is 0. The van der Waals surface area contributed by atoms with E-state index in [-0.39, 0.29) is 129 Å². The summed E-state index contributed by atoms with van der Waals surface area (Å²) in [5, 5.41) is 0. The summed E-state index contributed by atoms with van der Waals surface area (Å²) in [6, 6.07) is 0. The second-order valence-electron chi connectivity index (χ2n) is 0. The van der Waals surface area contributed by atoms with E-state index in [2.05, 4.69) is 0 Å². The van der Waals surface area contributed by atoms with Crippen LogP contribution in [0.3, 0.4) is 0 Å². The average Bonchev–Trinajstić information content (AvgIpc) is 0. The predicted octanol–water partition coefficient (Wildman–Crippen LogP) is -5.20. The van der Waals surface area contributed by atoms with Gasteiger partial charge in [-0.25, -0.2) is 0 Å². The Labute approximate surface area is 127 Å². The van der Waals surface area contributed by atoms with Gasteiger partial charge in [0.25, 0.3) is 0 Å². The van der Waals surface area contributed by atoms with Crippen molar-refractivity contribution in [3.8, 4) is 0 Å². The molecule has 0 radical (unpaired) electrons. The van der Waals surface area contributed by atoms with Crippen molar-refractivity contribution >= 4 is 67.5 Å². The molecule has 0 nitrogen and oxygen atoms in total. The van der Waals surface area contributed by atoms with Gasteiger partial charge in [-0.2, -0.15) is 67.5 Å². The van der Waals surface area contributed by atoms with E-state index in [4.69, 9.17) is 0 Å². The summed E-state index contributed by atoms with van der Waals surface area (Å²) in [6.45, 7) is 0. The van der Waals surface area contributed by atoms with Crippen LogP contribution < -0.4 is 59.1 Å². The smallest absolute Gasteiger partial charge is 1.00 e. The number of hydrogen-bond donors (Lipinski definition) is 0. The van der Waals surface area contributed by atoms with E-state index >= 15 is 0 Å². The minimum atomic E-state index is 0. The van der Waals surface area contributed by atoms with Crippen LogP contribution in [0.15, 0.2) is 0 Å². The Morgan fingerprint density at radius 3 is 0.429 bits per heavy atom. The van der Waals surface area contributed by atoms with Gasteiger partial charge in [0.15, 0.2) is 0 Å². The molecule has 44 valence electrons. The number of hydrogen-bond acceptors (Lipinski definition) is 0. The van der Waals surface area contributed by atoms with Crippen molar-refractivity contribution in [3.63, 3.8) is 0 Å². The Morgan fingerprint density at radius 1 is 0.429 bits per heavy atom. The third kappa shape index (κ3) is 41.6. The van der Waals surface area contributed by atoms with E-state index in [1.165, 1.54) is 0 Å². The summed E-state index contributed by atoms with van der Waals surface area (Å²) in [5.74, 6) is 0. The molecule has 0 bridgehead atoms. The van der Waals surface area contributed by atoms with Crippen molar-refractivity contribution in [2.24, 2.45) is 0 Å². The van der Waals surface area contributed by atoms with Crippen LogP contribution in [0.1, 0.15) is 2.85 Å². The first-order valence-electron chi connectivity index (χ1n) is 0. The molecule has 0 heterocycles. The second kappa shape index (κ2) is 53.1. The molecule has 0 aromatic heterocycles. The molecule has 0 amide bonds. The van der Waals surface area contributed by atoms with Gasteiger partial charge in [-0.15, -0.1) is 0 Å². The molecule has 0 unspecified atom stereocenters. The van der Waals surface area contributed by atoms with Crippen LogP contribution >= 0.6 is 67.5 Å². The Kier molecular flexibility index (Phi) is 551. The number of rotatable bonds is 0. The van der Waals surface area contributed by atoms with Crippen molar-refractivity contribution < 1.29 is 62.0 Å². The van der Waals surface area contributed by atoms with E-state index < -0.39 is 0 Å². The minimum Gasteiger partial charge on any atom is -1.00 e. The van der Waals surface area contributed by atoms with Crippen LogP contribution in [0, 0.1) is 0 Å². The molecule has 0 aliphatic heterocycles. The third-order valence-electron chi connectivity index (χ3n) is 0. The minimum absolute atomic E-state index is 0. The molecule has 0 fully saturated rings. The van der Waals surface area contributed by atoms with Gasteiger partial charge in [0, 0.05) is 0 Å². The molecule has 0 spiro atoms. The van der Waals surface area contributed by atoms with Gasteiger partial charge in [-0.1, -0.05) is 0 Å². The first kappa shape index (κ1) is 72.7. The normalized spacial score (nSPS) is 0. The maximum absolute atomic E-state index is 0. The first-order chi connectivity index (χ1) is 0. The Morgan fingerprint density at radius 2 is 0.429 bits per heavy atom.